The zero-order valence-corrected chi connectivity index (χ0v) is 11.4. The first-order valence-electron chi connectivity index (χ1n) is 6.25. The Kier molecular flexibility index (Phi) is 3.81. The zero-order valence-electron chi connectivity index (χ0n) is 11.4. The highest BCUT2D eigenvalue weighted by molar-refractivity contribution is 5.32. The molecule has 1 aromatic heterocycles. The summed E-state index contributed by atoms with van der Waals surface area (Å²) in [7, 11) is 0. The van der Waals surface area contributed by atoms with Gasteiger partial charge in [-0.25, -0.2) is 4.98 Å². The summed E-state index contributed by atoms with van der Waals surface area (Å²) in [5.41, 5.74) is 3.51. The van der Waals surface area contributed by atoms with Gasteiger partial charge in [0.2, 0.25) is 0 Å². The van der Waals surface area contributed by atoms with Crippen LogP contribution in [0, 0.1) is 20.8 Å². The Balaban J connectivity index is 2.28. The predicted octanol–water partition coefficient (Wildman–Crippen LogP) is 1.90. The van der Waals surface area contributed by atoms with E-state index in [4.69, 9.17) is 0 Å². The van der Waals surface area contributed by atoms with Crippen LogP contribution in [0.15, 0.2) is 35.4 Å². The number of hydrogen-bond acceptors (Lipinski definition) is 3. The molecule has 1 atom stereocenters. The lowest BCUT2D eigenvalue weighted by Gasteiger charge is -2.15. The van der Waals surface area contributed by atoms with Crippen molar-refractivity contribution in [3.8, 4) is 0 Å². The molecule has 1 aromatic carbocycles. The van der Waals surface area contributed by atoms with Crippen molar-refractivity contribution in [2.75, 3.05) is 0 Å². The molecule has 4 heteroatoms. The summed E-state index contributed by atoms with van der Waals surface area (Å²) in [5.74, 6) is 0. The lowest BCUT2D eigenvalue weighted by molar-refractivity contribution is 0.154. The van der Waals surface area contributed by atoms with Crippen LogP contribution in [0.4, 0.5) is 0 Å². The summed E-state index contributed by atoms with van der Waals surface area (Å²) < 4.78 is 1.43. The van der Waals surface area contributed by atoms with Gasteiger partial charge in [0.1, 0.15) is 0 Å². The van der Waals surface area contributed by atoms with Gasteiger partial charge in [-0.2, -0.15) is 0 Å². The van der Waals surface area contributed by atoms with Crippen molar-refractivity contribution in [3.05, 3.63) is 63.3 Å². The molecule has 0 fully saturated rings. The molecule has 1 N–H and O–H groups in total. The van der Waals surface area contributed by atoms with Gasteiger partial charge in [0.15, 0.2) is 0 Å². The molecule has 19 heavy (non-hydrogen) atoms. The van der Waals surface area contributed by atoms with Crippen LogP contribution < -0.4 is 5.56 Å². The van der Waals surface area contributed by atoms with E-state index in [0.717, 1.165) is 16.7 Å². The highest BCUT2D eigenvalue weighted by Crippen LogP contribution is 2.20. The van der Waals surface area contributed by atoms with Crippen LogP contribution in [-0.4, -0.2) is 14.7 Å². The highest BCUT2D eigenvalue weighted by Gasteiger charge is 2.12. The summed E-state index contributed by atoms with van der Waals surface area (Å²) >= 11 is 0. The Morgan fingerprint density at radius 2 is 2.00 bits per heavy atom. The van der Waals surface area contributed by atoms with Crippen LogP contribution in [0.3, 0.4) is 0 Å². The standard InChI is InChI=1S/C15H18N2O2/c1-10-4-5-11(2)13(6-10)14(18)8-17-9-16-12(3)7-15(17)19/h4-7,9,14,18H,8H2,1-3H3. The maximum Gasteiger partial charge on any atom is 0.253 e. The fourth-order valence-corrected chi connectivity index (χ4v) is 2.06. The second-order valence-electron chi connectivity index (χ2n) is 4.90. The second kappa shape index (κ2) is 5.36. The number of nitrogens with zero attached hydrogens (tertiary/aromatic N) is 2. The van der Waals surface area contributed by atoms with E-state index in [-0.39, 0.29) is 12.1 Å². The van der Waals surface area contributed by atoms with Crippen molar-refractivity contribution in [3.63, 3.8) is 0 Å². The van der Waals surface area contributed by atoms with Gasteiger partial charge in [-0.05, 0) is 31.9 Å². The number of rotatable bonds is 3. The molecule has 1 unspecified atom stereocenters. The quantitative estimate of drug-likeness (QED) is 0.914. The first-order chi connectivity index (χ1) is 8.97. The molecule has 0 aliphatic carbocycles. The Bertz CT molecular complexity index is 647. The third-order valence-corrected chi connectivity index (χ3v) is 3.18. The Hall–Kier alpha value is -1.94. The van der Waals surface area contributed by atoms with Crippen LogP contribution in [-0.2, 0) is 6.54 Å². The first-order valence-corrected chi connectivity index (χ1v) is 6.25. The fraction of sp³-hybridized carbons (Fsp3) is 0.333. The number of aliphatic hydroxyl groups is 1. The maximum atomic E-state index is 11.8. The monoisotopic (exact) mass is 258 g/mol. The van der Waals surface area contributed by atoms with Gasteiger partial charge in [-0.15, -0.1) is 0 Å². The number of hydrogen-bond donors (Lipinski definition) is 1. The average molecular weight is 258 g/mol. The van der Waals surface area contributed by atoms with Gasteiger partial charge >= 0.3 is 0 Å². The first kappa shape index (κ1) is 13.5. The van der Waals surface area contributed by atoms with Gasteiger partial charge < -0.3 is 5.11 Å². The van der Waals surface area contributed by atoms with Gasteiger partial charge in [-0.1, -0.05) is 23.8 Å². The third-order valence-electron chi connectivity index (χ3n) is 3.18. The Morgan fingerprint density at radius 3 is 2.68 bits per heavy atom. The van der Waals surface area contributed by atoms with Crippen molar-refractivity contribution in [2.45, 2.75) is 33.4 Å². The lowest BCUT2D eigenvalue weighted by atomic mass is 10.0. The molecule has 0 aliphatic heterocycles. The van der Waals surface area contributed by atoms with Crippen molar-refractivity contribution < 1.29 is 5.11 Å². The topological polar surface area (TPSA) is 55.1 Å². The molecule has 0 spiro atoms. The molecule has 0 aliphatic rings. The van der Waals surface area contributed by atoms with E-state index in [0.29, 0.717) is 5.69 Å². The molecule has 4 nitrogen and oxygen atoms in total. The van der Waals surface area contributed by atoms with Crippen molar-refractivity contribution >= 4 is 0 Å². The molecule has 0 bridgehead atoms. The number of aryl methyl sites for hydroxylation is 3. The maximum absolute atomic E-state index is 11.8. The van der Waals surface area contributed by atoms with Crippen molar-refractivity contribution in [1.82, 2.24) is 9.55 Å². The normalized spacial score (nSPS) is 12.4. The lowest BCUT2D eigenvalue weighted by Crippen LogP contribution is -2.23. The fourth-order valence-electron chi connectivity index (χ4n) is 2.06. The molecule has 2 aromatic rings. The van der Waals surface area contributed by atoms with E-state index in [1.165, 1.54) is 17.0 Å². The molecule has 100 valence electrons. The molecule has 2 rings (SSSR count). The van der Waals surface area contributed by atoms with Gasteiger partial charge in [0.05, 0.1) is 19.0 Å². The highest BCUT2D eigenvalue weighted by atomic mass is 16.3. The minimum atomic E-state index is -0.706. The van der Waals surface area contributed by atoms with E-state index in [9.17, 15) is 9.90 Å². The van der Waals surface area contributed by atoms with E-state index < -0.39 is 6.10 Å². The van der Waals surface area contributed by atoms with Crippen molar-refractivity contribution in [1.29, 1.82) is 0 Å². The minimum absolute atomic E-state index is 0.142. The van der Waals surface area contributed by atoms with Crippen molar-refractivity contribution in [2.24, 2.45) is 0 Å². The summed E-state index contributed by atoms with van der Waals surface area (Å²) in [6.07, 6.45) is 0.772. The zero-order chi connectivity index (χ0) is 14.0. The van der Waals surface area contributed by atoms with E-state index in [1.807, 2.05) is 32.0 Å². The molecular weight excluding hydrogens is 240 g/mol. The summed E-state index contributed by atoms with van der Waals surface area (Å²) in [6, 6.07) is 7.40. The number of benzene rings is 1. The smallest absolute Gasteiger partial charge is 0.253 e. The largest absolute Gasteiger partial charge is 0.387 e. The molecule has 0 saturated carbocycles. The van der Waals surface area contributed by atoms with E-state index in [1.54, 1.807) is 6.92 Å². The summed E-state index contributed by atoms with van der Waals surface area (Å²) in [6.45, 7) is 5.92. The number of aromatic nitrogens is 2. The Labute approximate surface area is 112 Å². The van der Waals surface area contributed by atoms with Gasteiger partial charge in [0, 0.05) is 11.8 Å². The molecule has 0 amide bonds. The molecular formula is C15H18N2O2. The summed E-state index contributed by atoms with van der Waals surface area (Å²) in [4.78, 5) is 15.8. The van der Waals surface area contributed by atoms with E-state index in [2.05, 4.69) is 4.98 Å². The Morgan fingerprint density at radius 1 is 1.26 bits per heavy atom. The van der Waals surface area contributed by atoms with Crippen LogP contribution in [0.1, 0.15) is 28.5 Å². The molecule has 1 heterocycles. The van der Waals surface area contributed by atoms with E-state index >= 15 is 0 Å². The summed E-state index contributed by atoms with van der Waals surface area (Å²) in [5, 5.41) is 10.3. The molecule has 0 radical (unpaired) electrons. The van der Waals surface area contributed by atoms with Gasteiger partial charge in [-0.3, -0.25) is 9.36 Å². The SMILES string of the molecule is Cc1ccc(C)c(C(O)Cn2cnc(C)cc2=O)c1. The second-order valence-corrected chi connectivity index (χ2v) is 4.90. The van der Waals surface area contributed by atoms with Crippen LogP contribution >= 0.6 is 0 Å². The van der Waals surface area contributed by atoms with Crippen LogP contribution in [0.25, 0.3) is 0 Å². The van der Waals surface area contributed by atoms with Crippen LogP contribution in [0.5, 0.6) is 0 Å². The number of aliphatic hydroxyl groups excluding tert-OH is 1. The molecule has 0 saturated heterocycles. The van der Waals surface area contributed by atoms with Crippen LogP contribution in [0.2, 0.25) is 0 Å². The predicted molar refractivity (Wildman–Crippen MR) is 74.1 cm³/mol. The third kappa shape index (κ3) is 3.09. The minimum Gasteiger partial charge on any atom is -0.387 e. The van der Waals surface area contributed by atoms with Gasteiger partial charge in [0.25, 0.3) is 5.56 Å². The average Bonchev–Trinajstić information content (AvgIpc) is 2.35.